The van der Waals surface area contributed by atoms with Crippen LogP contribution < -0.4 is 10.1 Å². The highest BCUT2D eigenvalue weighted by Crippen LogP contribution is 2.26. The fourth-order valence-electron chi connectivity index (χ4n) is 3.30. The summed E-state index contributed by atoms with van der Waals surface area (Å²) < 4.78 is 6.85. The zero-order valence-corrected chi connectivity index (χ0v) is 20.0. The Balaban J connectivity index is 2.21. The summed E-state index contributed by atoms with van der Waals surface area (Å²) in [5.41, 5.74) is 3.06. The zero-order valence-electron chi connectivity index (χ0n) is 18.4. The van der Waals surface area contributed by atoms with E-state index in [1.54, 1.807) is 4.90 Å². The molecule has 2 aromatic carbocycles. The fraction of sp³-hybridized carbons (Fsp3) is 0.417. The van der Waals surface area contributed by atoms with Gasteiger partial charge in [0.2, 0.25) is 5.91 Å². The van der Waals surface area contributed by atoms with E-state index in [1.165, 1.54) is 0 Å². The van der Waals surface area contributed by atoms with Crippen LogP contribution in [0.2, 0.25) is 0 Å². The summed E-state index contributed by atoms with van der Waals surface area (Å²) in [5.74, 6) is 0.274. The van der Waals surface area contributed by atoms with E-state index in [-0.39, 0.29) is 24.5 Å². The van der Waals surface area contributed by atoms with Crippen molar-refractivity contribution in [2.75, 3.05) is 6.61 Å². The Hall–Kier alpha value is -2.34. The summed E-state index contributed by atoms with van der Waals surface area (Å²) in [6.45, 7) is 9.93. The lowest BCUT2D eigenvalue weighted by molar-refractivity contribution is -0.143. The Bertz CT molecular complexity index is 845. The van der Waals surface area contributed by atoms with Crippen molar-refractivity contribution in [1.82, 2.24) is 10.2 Å². The summed E-state index contributed by atoms with van der Waals surface area (Å²) in [6, 6.07) is 12.9. The second-order valence-corrected chi connectivity index (χ2v) is 8.55. The van der Waals surface area contributed by atoms with Crippen molar-refractivity contribution < 1.29 is 14.3 Å². The normalized spacial score (nSPS) is 11.8. The van der Waals surface area contributed by atoms with Crippen LogP contribution in [0.4, 0.5) is 0 Å². The molecule has 2 aromatic rings. The van der Waals surface area contributed by atoms with Gasteiger partial charge in [-0.05, 0) is 62.9 Å². The molecule has 5 nitrogen and oxygen atoms in total. The number of hydrogen-bond acceptors (Lipinski definition) is 3. The van der Waals surface area contributed by atoms with E-state index in [2.05, 4.69) is 21.2 Å². The maximum Gasteiger partial charge on any atom is 0.261 e. The summed E-state index contributed by atoms with van der Waals surface area (Å²) in [7, 11) is 0. The number of nitrogens with zero attached hydrogens (tertiary/aromatic N) is 1. The average molecular weight is 475 g/mol. The SMILES string of the molecule is CC[C@H](C(=O)NC(C)C)N(Cc1ccccc1)C(=O)COc1cc(C)c(Br)c(C)c1. The summed E-state index contributed by atoms with van der Waals surface area (Å²) in [5, 5.41) is 2.93. The summed E-state index contributed by atoms with van der Waals surface area (Å²) >= 11 is 3.54. The first-order valence-corrected chi connectivity index (χ1v) is 11.1. The number of rotatable bonds is 9. The van der Waals surface area contributed by atoms with E-state index in [9.17, 15) is 9.59 Å². The maximum atomic E-state index is 13.2. The molecule has 0 unspecified atom stereocenters. The first-order valence-electron chi connectivity index (χ1n) is 10.3. The number of halogens is 1. The Morgan fingerprint density at radius 2 is 1.70 bits per heavy atom. The molecule has 0 aliphatic carbocycles. The van der Waals surface area contributed by atoms with Gasteiger partial charge in [-0.15, -0.1) is 0 Å². The maximum absolute atomic E-state index is 13.2. The number of amides is 2. The predicted molar refractivity (Wildman–Crippen MR) is 123 cm³/mol. The monoisotopic (exact) mass is 474 g/mol. The van der Waals surface area contributed by atoms with Gasteiger partial charge in [-0.25, -0.2) is 0 Å². The molecule has 1 atom stereocenters. The van der Waals surface area contributed by atoms with Gasteiger partial charge in [0.25, 0.3) is 5.91 Å². The minimum Gasteiger partial charge on any atom is -0.484 e. The van der Waals surface area contributed by atoms with Gasteiger partial charge in [-0.3, -0.25) is 9.59 Å². The van der Waals surface area contributed by atoms with Crippen LogP contribution in [-0.4, -0.2) is 35.4 Å². The van der Waals surface area contributed by atoms with Gasteiger partial charge in [0.15, 0.2) is 6.61 Å². The molecule has 2 amide bonds. The van der Waals surface area contributed by atoms with Crippen LogP contribution in [0.25, 0.3) is 0 Å². The van der Waals surface area contributed by atoms with Gasteiger partial charge in [0.05, 0.1) is 0 Å². The third-order valence-electron chi connectivity index (χ3n) is 4.78. The molecular formula is C24H31BrN2O3. The molecule has 162 valence electrons. The Morgan fingerprint density at radius 1 is 1.10 bits per heavy atom. The molecule has 0 saturated carbocycles. The Morgan fingerprint density at radius 3 is 2.23 bits per heavy atom. The topological polar surface area (TPSA) is 58.6 Å². The van der Waals surface area contributed by atoms with Crippen molar-refractivity contribution in [1.29, 1.82) is 0 Å². The molecule has 2 rings (SSSR count). The molecule has 0 heterocycles. The van der Waals surface area contributed by atoms with Crippen LogP contribution in [0.3, 0.4) is 0 Å². The number of aryl methyl sites for hydroxylation is 2. The van der Waals surface area contributed by atoms with Crippen molar-refractivity contribution in [2.45, 2.75) is 59.7 Å². The van der Waals surface area contributed by atoms with Gasteiger partial charge in [0, 0.05) is 17.1 Å². The van der Waals surface area contributed by atoms with E-state index in [1.807, 2.05) is 77.1 Å². The zero-order chi connectivity index (χ0) is 22.3. The van der Waals surface area contributed by atoms with E-state index in [4.69, 9.17) is 4.74 Å². The van der Waals surface area contributed by atoms with Crippen molar-refractivity contribution in [2.24, 2.45) is 0 Å². The number of nitrogens with one attached hydrogen (secondary N) is 1. The number of hydrogen-bond donors (Lipinski definition) is 1. The van der Waals surface area contributed by atoms with Crippen LogP contribution in [0, 0.1) is 13.8 Å². The minimum atomic E-state index is -0.558. The minimum absolute atomic E-state index is 0.00481. The highest BCUT2D eigenvalue weighted by atomic mass is 79.9. The highest BCUT2D eigenvalue weighted by Gasteiger charge is 2.29. The number of carbonyl (C=O) groups is 2. The van der Waals surface area contributed by atoms with Crippen molar-refractivity contribution >= 4 is 27.7 Å². The molecular weight excluding hydrogens is 444 g/mol. The van der Waals surface area contributed by atoms with Crippen LogP contribution in [0.15, 0.2) is 46.9 Å². The molecule has 0 saturated heterocycles. The summed E-state index contributed by atoms with van der Waals surface area (Å²) in [4.78, 5) is 27.5. The van der Waals surface area contributed by atoms with Gasteiger partial charge in [0.1, 0.15) is 11.8 Å². The van der Waals surface area contributed by atoms with Gasteiger partial charge in [-0.1, -0.05) is 53.2 Å². The van der Waals surface area contributed by atoms with Gasteiger partial charge in [-0.2, -0.15) is 0 Å². The highest BCUT2D eigenvalue weighted by molar-refractivity contribution is 9.10. The smallest absolute Gasteiger partial charge is 0.261 e. The standard InChI is InChI=1S/C24H31BrN2O3/c1-6-21(24(29)26-16(2)3)27(14-19-10-8-7-9-11-19)22(28)15-30-20-12-17(4)23(25)18(5)13-20/h7-13,16,21H,6,14-15H2,1-5H3,(H,26,29)/t21-/m1/s1. The van der Waals surface area contributed by atoms with E-state index in [0.717, 1.165) is 21.2 Å². The predicted octanol–water partition coefficient (Wildman–Crippen LogP) is 4.78. The van der Waals surface area contributed by atoms with E-state index in [0.29, 0.717) is 18.7 Å². The molecule has 0 spiro atoms. The lowest BCUT2D eigenvalue weighted by Gasteiger charge is -2.31. The van der Waals surface area contributed by atoms with Crippen molar-refractivity contribution in [3.05, 3.63) is 63.6 Å². The Kier molecular flexibility index (Phi) is 8.90. The molecule has 1 N–H and O–H groups in total. The van der Waals surface area contributed by atoms with E-state index < -0.39 is 6.04 Å². The fourth-order valence-corrected chi connectivity index (χ4v) is 3.53. The first-order chi connectivity index (χ1) is 14.2. The molecule has 0 radical (unpaired) electrons. The average Bonchev–Trinajstić information content (AvgIpc) is 2.70. The quantitative estimate of drug-likeness (QED) is 0.568. The van der Waals surface area contributed by atoms with Crippen LogP contribution in [0.5, 0.6) is 5.75 Å². The lowest BCUT2D eigenvalue weighted by atomic mass is 10.1. The molecule has 0 aromatic heterocycles. The van der Waals surface area contributed by atoms with Crippen LogP contribution in [-0.2, 0) is 16.1 Å². The molecule has 0 bridgehead atoms. The van der Waals surface area contributed by atoms with Gasteiger partial charge >= 0.3 is 0 Å². The molecule has 0 aliphatic rings. The lowest BCUT2D eigenvalue weighted by Crippen LogP contribution is -2.51. The van der Waals surface area contributed by atoms with E-state index >= 15 is 0 Å². The number of benzene rings is 2. The van der Waals surface area contributed by atoms with Crippen LogP contribution in [0.1, 0.15) is 43.9 Å². The third kappa shape index (κ3) is 6.59. The largest absolute Gasteiger partial charge is 0.484 e. The Labute approximate surface area is 187 Å². The van der Waals surface area contributed by atoms with Crippen molar-refractivity contribution in [3.63, 3.8) is 0 Å². The second kappa shape index (κ2) is 11.2. The van der Waals surface area contributed by atoms with Crippen molar-refractivity contribution in [3.8, 4) is 5.75 Å². The molecule has 0 fully saturated rings. The number of carbonyl (C=O) groups excluding carboxylic acids is 2. The molecule has 6 heteroatoms. The van der Waals surface area contributed by atoms with Crippen LogP contribution >= 0.6 is 15.9 Å². The first kappa shape index (κ1) is 23.9. The third-order valence-corrected chi connectivity index (χ3v) is 6.04. The number of ether oxygens (including phenoxy) is 1. The summed E-state index contributed by atoms with van der Waals surface area (Å²) in [6.07, 6.45) is 0.521. The molecule has 0 aliphatic heterocycles. The van der Waals surface area contributed by atoms with Gasteiger partial charge < -0.3 is 15.0 Å². The molecule has 30 heavy (non-hydrogen) atoms. The second-order valence-electron chi connectivity index (χ2n) is 7.75.